The van der Waals surface area contributed by atoms with Gasteiger partial charge in [-0.25, -0.2) is 0 Å². The van der Waals surface area contributed by atoms with Gasteiger partial charge >= 0.3 is 0 Å². The third-order valence-electron chi connectivity index (χ3n) is 13.7. The Morgan fingerprint density at radius 2 is 0.652 bits per heavy atom. The van der Waals surface area contributed by atoms with Gasteiger partial charge in [-0.05, 0) is 144 Å². The van der Waals surface area contributed by atoms with Crippen molar-refractivity contribution in [2.75, 3.05) is 9.80 Å². The molecule has 0 aromatic heterocycles. The van der Waals surface area contributed by atoms with E-state index in [0.29, 0.717) is 0 Å². The van der Waals surface area contributed by atoms with Crippen LogP contribution in [0.15, 0.2) is 206 Å². The zero-order valence-electron chi connectivity index (χ0n) is 39.1. The maximum atomic E-state index is 2.58. The quantitative estimate of drug-likeness (QED) is 0.154. The molecule has 0 bridgehead atoms. The van der Waals surface area contributed by atoms with Gasteiger partial charge in [0.1, 0.15) is 0 Å². The van der Waals surface area contributed by atoms with E-state index in [-0.39, 0.29) is 17.5 Å². The van der Waals surface area contributed by atoms with Crippen molar-refractivity contribution in [1.29, 1.82) is 0 Å². The highest BCUT2D eigenvalue weighted by atomic mass is 15.2. The minimum Gasteiger partial charge on any atom is -0.311 e. The number of hydrogen-bond acceptors (Lipinski definition) is 2. The minimum atomic E-state index is -0.128. The van der Waals surface area contributed by atoms with Crippen molar-refractivity contribution in [3.05, 3.63) is 223 Å². The van der Waals surface area contributed by atoms with E-state index in [1.54, 1.807) is 0 Å². The predicted octanol–water partition coefficient (Wildman–Crippen LogP) is 15.3. The summed E-state index contributed by atoms with van der Waals surface area (Å²) in [5.74, 6) is 0. The van der Waals surface area contributed by atoms with Gasteiger partial charge in [0, 0.05) is 34.1 Å². The van der Waals surface area contributed by atoms with Crippen LogP contribution in [0.4, 0.5) is 34.1 Å². The van der Waals surface area contributed by atoms with Crippen molar-refractivity contribution < 1.29 is 0 Å². The number of rotatable bonds is 6. The zero-order valence-corrected chi connectivity index (χ0v) is 39.1. The second kappa shape index (κ2) is 16.0. The lowest BCUT2D eigenvalue weighted by Crippen LogP contribution is -2.61. The average molecular weight is 851 g/mol. The number of fused-ring (bicyclic) bond motifs is 4. The monoisotopic (exact) mass is 850 g/mol. The van der Waals surface area contributed by atoms with Crippen molar-refractivity contribution in [3.63, 3.8) is 0 Å². The van der Waals surface area contributed by atoms with Gasteiger partial charge in [-0.2, -0.15) is 0 Å². The van der Waals surface area contributed by atoms with Gasteiger partial charge in [0.2, 0.25) is 0 Å². The molecule has 2 nitrogen and oxygen atoms in total. The molecular formula is C63H55BN2. The fourth-order valence-corrected chi connectivity index (χ4v) is 10.6. The van der Waals surface area contributed by atoms with Crippen LogP contribution in [0.5, 0.6) is 0 Å². The van der Waals surface area contributed by atoms with Crippen LogP contribution >= 0.6 is 0 Å². The molecule has 66 heavy (non-hydrogen) atoms. The molecule has 0 radical (unpaired) electrons. The van der Waals surface area contributed by atoms with Gasteiger partial charge in [-0.1, -0.05) is 199 Å². The van der Waals surface area contributed by atoms with Gasteiger partial charge in [-0.15, -0.1) is 0 Å². The Morgan fingerprint density at radius 3 is 0.985 bits per heavy atom. The third-order valence-corrected chi connectivity index (χ3v) is 13.7. The van der Waals surface area contributed by atoms with Crippen LogP contribution in [-0.2, 0) is 10.8 Å². The number of nitrogens with zero attached hydrogens (tertiary/aromatic N) is 2. The number of hydrogen-bond donors (Lipinski definition) is 0. The van der Waals surface area contributed by atoms with Crippen LogP contribution < -0.4 is 26.2 Å². The minimum absolute atomic E-state index is 0.0304. The molecule has 0 fully saturated rings. The van der Waals surface area contributed by atoms with Crippen molar-refractivity contribution in [2.24, 2.45) is 0 Å². The zero-order chi connectivity index (χ0) is 45.3. The largest absolute Gasteiger partial charge is 0.311 e. The maximum absolute atomic E-state index is 2.58. The first kappa shape index (κ1) is 41.4. The smallest absolute Gasteiger partial charge is 0.252 e. The molecular weight excluding hydrogens is 796 g/mol. The Balaban J connectivity index is 1.24. The van der Waals surface area contributed by atoms with Crippen molar-refractivity contribution in [2.45, 2.75) is 59.3 Å². The normalized spacial score (nSPS) is 13.0. The summed E-state index contributed by atoms with van der Waals surface area (Å²) >= 11 is 0. The Labute approximate surface area is 392 Å². The molecule has 3 heteroatoms. The highest BCUT2D eigenvalue weighted by molar-refractivity contribution is 7.00. The third kappa shape index (κ3) is 7.15. The van der Waals surface area contributed by atoms with Gasteiger partial charge in [0.15, 0.2) is 0 Å². The molecule has 11 rings (SSSR count). The molecule has 9 aromatic carbocycles. The second-order valence-corrected chi connectivity index (χ2v) is 20.3. The summed E-state index contributed by atoms with van der Waals surface area (Å²) in [5, 5.41) is 0. The van der Waals surface area contributed by atoms with Gasteiger partial charge in [-0.3, -0.25) is 0 Å². The summed E-state index contributed by atoms with van der Waals surface area (Å²) in [6.07, 6.45) is 0. The molecule has 0 aliphatic carbocycles. The first-order valence-corrected chi connectivity index (χ1v) is 23.5. The van der Waals surface area contributed by atoms with Crippen LogP contribution in [0.2, 0.25) is 0 Å². The molecule has 0 atom stereocenters. The summed E-state index contributed by atoms with van der Waals surface area (Å²) in [5.41, 5.74) is 24.7. The number of aryl methyl sites for hydroxylation is 1. The lowest BCUT2D eigenvalue weighted by molar-refractivity contribution is 0.592. The van der Waals surface area contributed by atoms with Gasteiger partial charge in [0.25, 0.3) is 6.71 Å². The van der Waals surface area contributed by atoms with Crippen LogP contribution in [0.25, 0.3) is 44.5 Å². The molecule has 9 aromatic rings. The Bertz CT molecular complexity index is 3020. The molecule has 2 heterocycles. The summed E-state index contributed by atoms with van der Waals surface area (Å²) < 4.78 is 0. The van der Waals surface area contributed by atoms with Crippen LogP contribution in [0.1, 0.15) is 58.2 Å². The second-order valence-electron chi connectivity index (χ2n) is 20.3. The Morgan fingerprint density at radius 1 is 0.333 bits per heavy atom. The van der Waals surface area contributed by atoms with Crippen molar-refractivity contribution >= 4 is 57.2 Å². The van der Waals surface area contributed by atoms with E-state index in [9.17, 15) is 0 Å². The fourth-order valence-electron chi connectivity index (χ4n) is 10.6. The van der Waals surface area contributed by atoms with E-state index in [0.717, 1.165) is 11.4 Å². The lowest BCUT2D eigenvalue weighted by atomic mass is 9.33. The molecule has 0 unspecified atom stereocenters. The maximum Gasteiger partial charge on any atom is 0.252 e. The summed E-state index contributed by atoms with van der Waals surface area (Å²) in [4.78, 5) is 5.13. The molecule has 0 N–H and O–H groups in total. The Hall–Kier alpha value is -7.36. The average Bonchev–Trinajstić information content (AvgIpc) is 3.33. The van der Waals surface area contributed by atoms with E-state index in [2.05, 4.69) is 265 Å². The van der Waals surface area contributed by atoms with E-state index in [4.69, 9.17) is 0 Å². The molecule has 2 aliphatic heterocycles. The van der Waals surface area contributed by atoms with Gasteiger partial charge < -0.3 is 9.80 Å². The molecule has 0 saturated heterocycles. The Kier molecular flexibility index (Phi) is 10.0. The first-order chi connectivity index (χ1) is 31.9. The predicted molar refractivity (Wildman–Crippen MR) is 284 cm³/mol. The molecule has 2 aliphatic rings. The number of benzene rings is 9. The van der Waals surface area contributed by atoms with E-state index in [1.807, 2.05) is 0 Å². The fraction of sp³-hybridized carbons (Fsp3) is 0.143. The van der Waals surface area contributed by atoms with E-state index in [1.165, 1.54) is 100 Å². The molecule has 0 saturated carbocycles. The first-order valence-electron chi connectivity index (χ1n) is 23.5. The molecule has 320 valence electrons. The summed E-state index contributed by atoms with van der Waals surface area (Å²) in [6.45, 7) is 16.4. The summed E-state index contributed by atoms with van der Waals surface area (Å²) in [6, 6.07) is 76.9. The van der Waals surface area contributed by atoms with E-state index >= 15 is 0 Å². The highest BCUT2D eigenvalue weighted by Gasteiger charge is 2.45. The lowest BCUT2D eigenvalue weighted by Gasteiger charge is -2.45. The highest BCUT2D eigenvalue weighted by Crippen LogP contribution is 2.49. The number of anilines is 6. The van der Waals surface area contributed by atoms with Crippen LogP contribution in [0.3, 0.4) is 0 Å². The van der Waals surface area contributed by atoms with Crippen LogP contribution in [0, 0.1) is 6.92 Å². The molecule has 0 amide bonds. The van der Waals surface area contributed by atoms with E-state index < -0.39 is 0 Å². The SMILES string of the molecule is Cc1cc2c3c(c1)N(c1ccc(-c4ccccc4)cc1)c1cc(-c4ccccc4)c(C(C)(C)C)cc1B3c1cc(C(C)(C)C)c(-c3ccccc3)cc1N2c1ccc(-c2ccccc2)cc1. The van der Waals surface area contributed by atoms with Crippen molar-refractivity contribution in [1.82, 2.24) is 0 Å². The summed E-state index contributed by atoms with van der Waals surface area (Å²) in [7, 11) is 0. The van der Waals surface area contributed by atoms with Gasteiger partial charge in [0.05, 0.1) is 0 Å². The standard InChI is InChI=1S/C63H55BN2/c1-42-36-59-61-60(37-42)66(50-34-30-46(31-35-50)44-22-14-9-15-23-44)58-39-52(48-26-18-11-19-27-48)54(63(5,6)7)41-56(58)64(61)55-40-53(62(2,3)4)51(47-24-16-10-17-25-47)38-57(55)65(59)49-32-28-45(29-33-49)43-20-12-8-13-21-43/h8-41H,1-7H3. The molecule has 0 spiro atoms. The van der Waals surface area contributed by atoms with Crippen LogP contribution in [-0.4, -0.2) is 6.71 Å². The van der Waals surface area contributed by atoms with Crippen molar-refractivity contribution in [3.8, 4) is 44.5 Å². The topological polar surface area (TPSA) is 6.48 Å².